The molecule has 0 unspecified atom stereocenters. The van der Waals surface area contributed by atoms with Gasteiger partial charge in [-0.25, -0.2) is 0 Å². The largest absolute Gasteiger partial charge is 0.339 e. The van der Waals surface area contributed by atoms with Crippen molar-refractivity contribution in [3.05, 3.63) is 0 Å². The second-order valence-electron chi connectivity index (χ2n) is 5.13. The summed E-state index contributed by atoms with van der Waals surface area (Å²) in [4.78, 5) is 26.8. The number of rotatable bonds is 1. The van der Waals surface area contributed by atoms with Gasteiger partial charge in [0.2, 0.25) is 11.8 Å². The van der Waals surface area contributed by atoms with E-state index in [4.69, 9.17) is 5.73 Å². The number of halogens is 1. The number of carbonyl (C=O) groups excluding carboxylic acids is 2. The van der Waals surface area contributed by atoms with Crippen LogP contribution in [0.25, 0.3) is 0 Å². The van der Waals surface area contributed by atoms with Gasteiger partial charge in [-0.15, -0.1) is 12.4 Å². The van der Waals surface area contributed by atoms with E-state index in [1.165, 1.54) is 0 Å². The predicted molar refractivity (Wildman–Crippen MR) is 68.9 cm³/mol. The van der Waals surface area contributed by atoms with Crippen molar-refractivity contribution in [2.24, 2.45) is 11.1 Å². The smallest absolute Gasteiger partial charge is 0.236 e. The van der Waals surface area contributed by atoms with Crippen LogP contribution in [-0.4, -0.2) is 54.3 Å². The maximum Gasteiger partial charge on any atom is 0.236 e. The fraction of sp³-hybridized carbons (Fsp3) is 0.818. The Morgan fingerprint density at radius 3 is 1.82 bits per heavy atom. The molecule has 17 heavy (non-hydrogen) atoms. The van der Waals surface area contributed by atoms with Gasteiger partial charge in [0.1, 0.15) is 0 Å². The van der Waals surface area contributed by atoms with Crippen LogP contribution in [0.2, 0.25) is 0 Å². The highest BCUT2D eigenvalue weighted by Crippen LogP contribution is 2.18. The molecule has 0 saturated carbocycles. The highest BCUT2D eigenvalue weighted by Gasteiger charge is 2.30. The van der Waals surface area contributed by atoms with Gasteiger partial charge in [0, 0.05) is 31.6 Å². The minimum Gasteiger partial charge on any atom is -0.339 e. The van der Waals surface area contributed by atoms with Gasteiger partial charge in [0.05, 0.1) is 6.54 Å². The van der Waals surface area contributed by atoms with Crippen molar-refractivity contribution < 1.29 is 9.59 Å². The minimum absolute atomic E-state index is 0. The molecule has 0 aromatic heterocycles. The Morgan fingerprint density at radius 1 is 1.06 bits per heavy atom. The van der Waals surface area contributed by atoms with Gasteiger partial charge in [0.15, 0.2) is 0 Å². The molecule has 0 aromatic carbocycles. The van der Waals surface area contributed by atoms with Crippen molar-refractivity contribution >= 4 is 24.2 Å². The standard InChI is InChI=1S/C11H21N3O2.ClH/c1-11(2,3)10(16)14-6-4-13(5-7-14)9(15)8-12;/h4-8,12H2,1-3H3;1H. The summed E-state index contributed by atoms with van der Waals surface area (Å²) in [6.07, 6.45) is 0. The molecule has 1 heterocycles. The summed E-state index contributed by atoms with van der Waals surface area (Å²) in [5.74, 6) is 0.107. The van der Waals surface area contributed by atoms with Crippen LogP contribution in [-0.2, 0) is 9.59 Å². The molecule has 0 spiro atoms. The lowest BCUT2D eigenvalue weighted by atomic mass is 9.94. The summed E-state index contributed by atoms with van der Waals surface area (Å²) >= 11 is 0. The SMILES string of the molecule is CC(C)(C)C(=O)N1CCN(C(=O)CN)CC1.Cl. The van der Waals surface area contributed by atoms with E-state index in [0.717, 1.165) is 0 Å². The Labute approximate surface area is 109 Å². The topological polar surface area (TPSA) is 66.6 Å². The van der Waals surface area contributed by atoms with E-state index in [1.807, 2.05) is 25.7 Å². The average molecular weight is 264 g/mol. The number of nitrogens with zero attached hydrogens (tertiary/aromatic N) is 2. The lowest BCUT2D eigenvalue weighted by Gasteiger charge is -2.37. The average Bonchev–Trinajstić information content (AvgIpc) is 2.26. The molecule has 0 atom stereocenters. The minimum atomic E-state index is -0.347. The Balaban J connectivity index is 0.00000256. The fourth-order valence-corrected chi connectivity index (χ4v) is 1.76. The first kappa shape index (κ1) is 16.2. The Bertz CT molecular complexity index is 281. The molecule has 0 aliphatic carbocycles. The van der Waals surface area contributed by atoms with Gasteiger partial charge in [0.25, 0.3) is 0 Å². The molecule has 100 valence electrons. The predicted octanol–water partition coefficient (Wildman–Crippen LogP) is 0.0838. The van der Waals surface area contributed by atoms with Crippen molar-refractivity contribution in [2.45, 2.75) is 20.8 Å². The van der Waals surface area contributed by atoms with Crippen LogP contribution in [0.15, 0.2) is 0 Å². The van der Waals surface area contributed by atoms with Crippen molar-refractivity contribution in [3.8, 4) is 0 Å². The van der Waals surface area contributed by atoms with Crippen molar-refractivity contribution in [3.63, 3.8) is 0 Å². The summed E-state index contributed by atoms with van der Waals surface area (Å²) in [6.45, 7) is 8.19. The molecule has 0 bridgehead atoms. The van der Waals surface area contributed by atoms with E-state index in [1.54, 1.807) is 4.90 Å². The molecule has 1 saturated heterocycles. The molecule has 1 fully saturated rings. The van der Waals surface area contributed by atoms with Crippen LogP contribution in [0, 0.1) is 5.41 Å². The zero-order valence-corrected chi connectivity index (χ0v) is 11.5. The van der Waals surface area contributed by atoms with Gasteiger partial charge in [-0.1, -0.05) is 20.8 Å². The highest BCUT2D eigenvalue weighted by atomic mass is 35.5. The molecule has 6 heteroatoms. The number of hydrogen-bond acceptors (Lipinski definition) is 3. The molecular formula is C11H22ClN3O2. The normalized spacial score (nSPS) is 16.5. The lowest BCUT2D eigenvalue weighted by Crippen LogP contribution is -2.54. The summed E-state index contributed by atoms with van der Waals surface area (Å²) in [5, 5.41) is 0. The van der Waals surface area contributed by atoms with E-state index >= 15 is 0 Å². The van der Waals surface area contributed by atoms with Crippen LogP contribution < -0.4 is 5.73 Å². The number of nitrogens with two attached hydrogens (primary N) is 1. The lowest BCUT2D eigenvalue weighted by molar-refractivity contribution is -0.144. The number of hydrogen-bond donors (Lipinski definition) is 1. The zero-order valence-electron chi connectivity index (χ0n) is 10.7. The summed E-state index contributed by atoms with van der Waals surface area (Å²) < 4.78 is 0. The molecule has 5 nitrogen and oxygen atoms in total. The third-order valence-electron chi connectivity index (χ3n) is 2.74. The van der Waals surface area contributed by atoms with Crippen LogP contribution >= 0.6 is 12.4 Å². The summed E-state index contributed by atoms with van der Waals surface area (Å²) in [7, 11) is 0. The van der Waals surface area contributed by atoms with Gasteiger partial charge in [-0.2, -0.15) is 0 Å². The van der Waals surface area contributed by atoms with E-state index in [-0.39, 0.29) is 36.2 Å². The maximum absolute atomic E-state index is 12.0. The van der Waals surface area contributed by atoms with Crippen LogP contribution in [0.3, 0.4) is 0 Å². The van der Waals surface area contributed by atoms with Gasteiger partial charge >= 0.3 is 0 Å². The Hall–Kier alpha value is -0.810. The Morgan fingerprint density at radius 2 is 1.47 bits per heavy atom. The number of piperazine rings is 1. The summed E-state index contributed by atoms with van der Waals surface area (Å²) in [5.41, 5.74) is 4.95. The highest BCUT2D eigenvalue weighted by molar-refractivity contribution is 5.85. The molecule has 2 N–H and O–H groups in total. The third-order valence-corrected chi connectivity index (χ3v) is 2.74. The molecular weight excluding hydrogens is 242 g/mol. The second kappa shape index (κ2) is 6.21. The number of amides is 2. The van der Waals surface area contributed by atoms with E-state index in [2.05, 4.69) is 0 Å². The molecule has 1 rings (SSSR count). The van der Waals surface area contributed by atoms with Crippen LogP contribution in [0.5, 0.6) is 0 Å². The number of carbonyl (C=O) groups is 2. The molecule has 2 amide bonds. The third kappa shape index (κ3) is 4.16. The molecule has 1 aliphatic rings. The van der Waals surface area contributed by atoms with E-state index in [9.17, 15) is 9.59 Å². The summed E-state index contributed by atoms with van der Waals surface area (Å²) in [6, 6.07) is 0. The van der Waals surface area contributed by atoms with Gasteiger partial charge in [-0.3, -0.25) is 9.59 Å². The van der Waals surface area contributed by atoms with Crippen molar-refractivity contribution in [1.82, 2.24) is 9.80 Å². The first-order chi connectivity index (χ1) is 7.36. The van der Waals surface area contributed by atoms with E-state index in [0.29, 0.717) is 26.2 Å². The van der Waals surface area contributed by atoms with Gasteiger partial charge < -0.3 is 15.5 Å². The fourth-order valence-electron chi connectivity index (χ4n) is 1.76. The molecule has 1 aliphatic heterocycles. The zero-order chi connectivity index (χ0) is 12.3. The van der Waals surface area contributed by atoms with Crippen LogP contribution in [0.1, 0.15) is 20.8 Å². The van der Waals surface area contributed by atoms with E-state index < -0.39 is 0 Å². The van der Waals surface area contributed by atoms with Crippen molar-refractivity contribution in [2.75, 3.05) is 32.7 Å². The maximum atomic E-state index is 12.0. The molecule has 0 radical (unpaired) electrons. The first-order valence-electron chi connectivity index (χ1n) is 5.63. The van der Waals surface area contributed by atoms with Crippen molar-refractivity contribution in [1.29, 1.82) is 0 Å². The second-order valence-corrected chi connectivity index (χ2v) is 5.13. The first-order valence-corrected chi connectivity index (χ1v) is 5.63. The quantitative estimate of drug-likeness (QED) is 0.729. The Kier molecular flexibility index (Phi) is 5.92. The molecule has 0 aromatic rings. The van der Waals surface area contributed by atoms with Crippen LogP contribution in [0.4, 0.5) is 0 Å². The monoisotopic (exact) mass is 263 g/mol. The van der Waals surface area contributed by atoms with Gasteiger partial charge in [-0.05, 0) is 0 Å².